The number of hydrogen-bond acceptors (Lipinski definition) is 4. The van der Waals surface area contributed by atoms with Gasteiger partial charge >= 0.3 is 0 Å². The lowest BCUT2D eigenvalue weighted by Crippen LogP contribution is -2.27. The van der Waals surface area contributed by atoms with Gasteiger partial charge in [-0.2, -0.15) is 0 Å². The molecule has 1 aliphatic rings. The van der Waals surface area contributed by atoms with Gasteiger partial charge in [0.1, 0.15) is 10.0 Å². The lowest BCUT2D eigenvalue weighted by atomic mass is 10.2. The highest BCUT2D eigenvalue weighted by molar-refractivity contribution is 9.10. The quantitative estimate of drug-likeness (QED) is 0.809. The molecule has 1 fully saturated rings. The van der Waals surface area contributed by atoms with Crippen molar-refractivity contribution in [1.29, 1.82) is 0 Å². The Kier molecular flexibility index (Phi) is 5.19. The SMILES string of the molecule is O=S(=O)(NCCC1CCCO1)c1cc(Br)cnc1Cl. The first-order valence-electron chi connectivity index (χ1n) is 5.91. The minimum Gasteiger partial charge on any atom is -0.378 e. The average Bonchev–Trinajstić information content (AvgIpc) is 2.85. The number of halogens is 2. The normalized spacial score (nSPS) is 19.8. The molecule has 1 aromatic rings. The molecule has 0 bridgehead atoms. The molecule has 0 radical (unpaired) electrons. The highest BCUT2D eigenvalue weighted by atomic mass is 79.9. The Bertz CT molecular complexity index is 547. The molecular weight excluding hydrogens is 356 g/mol. The van der Waals surface area contributed by atoms with Crippen molar-refractivity contribution in [1.82, 2.24) is 9.71 Å². The van der Waals surface area contributed by atoms with E-state index in [0.29, 0.717) is 17.4 Å². The molecule has 1 N–H and O–H groups in total. The number of pyridine rings is 1. The standard InChI is InChI=1S/C11H14BrClN2O3S/c12-8-6-10(11(13)14-7-8)19(16,17)15-4-3-9-2-1-5-18-9/h6-7,9,15H,1-5H2. The second-order valence-electron chi connectivity index (χ2n) is 4.26. The van der Waals surface area contributed by atoms with Crippen molar-refractivity contribution < 1.29 is 13.2 Å². The summed E-state index contributed by atoms with van der Waals surface area (Å²) < 4.78 is 32.7. The maximum absolute atomic E-state index is 12.1. The van der Waals surface area contributed by atoms with Gasteiger partial charge in [0, 0.05) is 23.8 Å². The van der Waals surface area contributed by atoms with Crippen LogP contribution in [0.25, 0.3) is 0 Å². The first kappa shape index (κ1) is 15.2. The molecule has 1 atom stereocenters. The molecule has 0 saturated carbocycles. The molecule has 19 heavy (non-hydrogen) atoms. The smallest absolute Gasteiger partial charge is 0.243 e. The Hall–Kier alpha value is -0.210. The van der Waals surface area contributed by atoms with Crippen molar-refractivity contribution >= 4 is 37.6 Å². The number of rotatable bonds is 5. The predicted molar refractivity (Wildman–Crippen MR) is 75.7 cm³/mol. The van der Waals surface area contributed by atoms with Crippen LogP contribution in [-0.4, -0.2) is 32.7 Å². The third-order valence-corrected chi connectivity index (χ3v) is 5.17. The summed E-state index contributed by atoms with van der Waals surface area (Å²) in [6.45, 7) is 1.09. The molecule has 2 rings (SSSR count). The zero-order valence-electron chi connectivity index (χ0n) is 10.1. The van der Waals surface area contributed by atoms with E-state index in [1.165, 1.54) is 12.3 Å². The van der Waals surface area contributed by atoms with Crippen LogP contribution in [0.2, 0.25) is 5.15 Å². The molecule has 8 heteroatoms. The molecule has 1 saturated heterocycles. The number of nitrogens with one attached hydrogen (secondary N) is 1. The summed E-state index contributed by atoms with van der Waals surface area (Å²) >= 11 is 8.99. The number of hydrogen-bond donors (Lipinski definition) is 1. The minimum atomic E-state index is -3.64. The van der Waals surface area contributed by atoms with E-state index >= 15 is 0 Å². The van der Waals surface area contributed by atoms with Gasteiger partial charge in [-0.15, -0.1) is 0 Å². The van der Waals surface area contributed by atoms with E-state index in [1.54, 1.807) is 0 Å². The molecule has 1 aromatic heterocycles. The maximum Gasteiger partial charge on any atom is 0.243 e. The van der Waals surface area contributed by atoms with Gasteiger partial charge < -0.3 is 4.74 Å². The van der Waals surface area contributed by atoms with Crippen molar-refractivity contribution in [2.45, 2.75) is 30.3 Å². The summed E-state index contributed by atoms with van der Waals surface area (Å²) in [6.07, 6.45) is 4.30. The van der Waals surface area contributed by atoms with Gasteiger partial charge in [-0.1, -0.05) is 11.6 Å². The molecule has 0 aromatic carbocycles. The predicted octanol–water partition coefficient (Wildman–Crippen LogP) is 2.34. The van der Waals surface area contributed by atoms with Crippen molar-refractivity contribution in [3.8, 4) is 0 Å². The highest BCUT2D eigenvalue weighted by Gasteiger charge is 2.21. The van der Waals surface area contributed by atoms with E-state index in [4.69, 9.17) is 16.3 Å². The lowest BCUT2D eigenvalue weighted by Gasteiger charge is -2.11. The Balaban J connectivity index is 1.99. The summed E-state index contributed by atoms with van der Waals surface area (Å²) in [4.78, 5) is 3.79. The van der Waals surface area contributed by atoms with Crippen LogP contribution < -0.4 is 4.72 Å². The Morgan fingerprint density at radius 1 is 1.58 bits per heavy atom. The number of aromatic nitrogens is 1. The topological polar surface area (TPSA) is 68.3 Å². The fraction of sp³-hybridized carbons (Fsp3) is 0.545. The molecule has 0 aliphatic carbocycles. The second-order valence-corrected chi connectivity index (χ2v) is 7.27. The van der Waals surface area contributed by atoms with Crippen LogP contribution in [0.5, 0.6) is 0 Å². The van der Waals surface area contributed by atoms with Crippen LogP contribution in [-0.2, 0) is 14.8 Å². The fourth-order valence-corrected chi connectivity index (χ4v) is 3.89. The summed E-state index contributed by atoms with van der Waals surface area (Å²) in [5.41, 5.74) is 0. The Labute approximate surface area is 125 Å². The number of ether oxygens (including phenoxy) is 1. The van der Waals surface area contributed by atoms with Crippen molar-refractivity contribution in [3.63, 3.8) is 0 Å². The van der Waals surface area contributed by atoms with E-state index in [0.717, 1.165) is 19.4 Å². The van der Waals surface area contributed by atoms with E-state index in [-0.39, 0.29) is 16.2 Å². The van der Waals surface area contributed by atoms with Crippen molar-refractivity contribution in [2.75, 3.05) is 13.2 Å². The van der Waals surface area contributed by atoms with E-state index < -0.39 is 10.0 Å². The molecule has 5 nitrogen and oxygen atoms in total. The molecule has 2 heterocycles. The fourth-order valence-electron chi connectivity index (χ4n) is 1.90. The highest BCUT2D eigenvalue weighted by Crippen LogP contribution is 2.22. The summed E-state index contributed by atoms with van der Waals surface area (Å²) in [6, 6.07) is 1.43. The van der Waals surface area contributed by atoms with Crippen LogP contribution in [0, 0.1) is 0 Å². The summed E-state index contributed by atoms with van der Waals surface area (Å²) in [5.74, 6) is 0. The summed E-state index contributed by atoms with van der Waals surface area (Å²) in [5, 5.41) is -0.0344. The molecular formula is C11H14BrClN2O3S. The third kappa shape index (κ3) is 4.13. The third-order valence-electron chi connectivity index (χ3n) is 2.85. The van der Waals surface area contributed by atoms with E-state index in [1.807, 2.05) is 0 Å². The maximum atomic E-state index is 12.1. The van der Waals surface area contributed by atoms with Gasteiger partial charge in [0.15, 0.2) is 0 Å². The van der Waals surface area contributed by atoms with Crippen LogP contribution >= 0.6 is 27.5 Å². The second kappa shape index (κ2) is 6.49. The van der Waals surface area contributed by atoms with Gasteiger partial charge in [-0.3, -0.25) is 0 Å². The van der Waals surface area contributed by atoms with Crippen LogP contribution in [0.1, 0.15) is 19.3 Å². The van der Waals surface area contributed by atoms with Crippen LogP contribution in [0.3, 0.4) is 0 Å². The van der Waals surface area contributed by atoms with Crippen LogP contribution in [0.4, 0.5) is 0 Å². The first-order chi connectivity index (χ1) is 8.99. The molecule has 0 spiro atoms. The number of sulfonamides is 1. The first-order valence-corrected chi connectivity index (χ1v) is 8.57. The van der Waals surface area contributed by atoms with Gasteiger partial charge in [0.05, 0.1) is 6.10 Å². The molecule has 0 amide bonds. The average molecular weight is 370 g/mol. The minimum absolute atomic E-state index is 0.0177. The van der Waals surface area contributed by atoms with Gasteiger partial charge in [-0.05, 0) is 41.3 Å². The largest absolute Gasteiger partial charge is 0.378 e. The van der Waals surface area contributed by atoms with Gasteiger partial charge in [-0.25, -0.2) is 18.1 Å². The summed E-state index contributed by atoms with van der Waals surface area (Å²) in [7, 11) is -3.64. The van der Waals surface area contributed by atoms with E-state index in [9.17, 15) is 8.42 Å². The number of nitrogens with zero attached hydrogens (tertiary/aromatic N) is 1. The molecule has 1 aliphatic heterocycles. The van der Waals surface area contributed by atoms with Crippen molar-refractivity contribution in [3.05, 3.63) is 21.9 Å². The monoisotopic (exact) mass is 368 g/mol. The van der Waals surface area contributed by atoms with Crippen molar-refractivity contribution in [2.24, 2.45) is 0 Å². The Morgan fingerprint density at radius 2 is 2.37 bits per heavy atom. The molecule has 106 valence electrons. The van der Waals surface area contributed by atoms with Gasteiger partial charge in [0.25, 0.3) is 0 Å². The molecule has 1 unspecified atom stereocenters. The van der Waals surface area contributed by atoms with Gasteiger partial charge in [0.2, 0.25) is 10.0 Å². The van der Waals surface area contributed by atoms with Crippen LogP contribution in [0.15, 0.2) is 21.6 Å². The lowest BCUT2D eigenvalue weighted by molar-refractivity contribution is 0.105. The Morgan fingerprint density at radius 3 is 3.05 bits per heavy atom. The van der Waals surface area contributed by atoms with E-state index in [2.05, 4.69) is 25.6 Å². The zero-order valence-corrected chi connectivity index (χ0v) is 13.3. The zero-order chi connectivity index (χ0) is 13.9.